The third kappa shape index (κ3) is 5.45. The van der Waals surface area contributed by atoms with E-state index in [1.165, 1.54) is 14.2 Å². The summed E-state index contributed by atoms with van der Waals surface area (Å²) in [5.41, 5.74) is 0.0822. The lowest BCUT2D eigenvalue weighted by molar-refractivity contribution is -0.00140. The minimum Gasteiger partial charge on any atom is -0.497 e. The molecule has 0 saturated heterocycles. The van der Waals surface area contributed by atoms with Gasteiger partial charge in [0.05, 0.1) is 38.5 Å². The lowest BCUT2D eigenvalue weighted by Gasteiger charge is -2.38. The Morgan fingerprint density at radius 3 is 2.47 bits per heavy atom. The van der Waals surface area contributed by atoms with Gasteiger partial charge in [-0.1, -0.05) is 28.1 Å². The summed E-state index contributed by atoms with van der Waals surface area (Å²) in [7, 11) is 8.30. The maximum atomic E-state index is 16.1. The largest absolute Gasteiger partial charge is 0.497 e. The smallest absolute Gasteiger partial charge is 0.217 e. The van der Waals surface area contributed by atoms with Crippen LogP contribution in [0, 0.1) is 5.82 Å². The monoisotopic (exact) mass is 583 g/mol. The molecule has 0 spiro atoms. The number of halogens is 2. The number of hydrogen-bond acceptors (Lipinski definition) is 7. The molecular formula is C29H31BrFN3O4. The number of fused-ring (bicyclic) bond motifs is 1. The lowest BCUT2D eigenvalue weighted by atomic mass is 9.73. The number of pyridine rings is 2. The summed E-state index contributed by atoms with van der Waals surface area (Å²) in [6.07, 6.45) is 1.79. The Bertz CT molecular complexity index is 1430. The Balaban J connectivity index is 2.09. The van der Waals surface area contributed by atoms with Crippen LogP contribution in [0.25, 0.3) is 10.9 Å². The van der Waals surface area contributed by atoms with E-state index in [1.807, 2.05) is 43.3 Å². The van der Waals surface area contributed by atoms with E-state index in [0.717, 1.165) is 9.86 Å². The van der Waals surface area contributed by atoms with Crippen LogP contribution in [0.2, 0.25) is 0 Å². The van der Waals surface area contributed by atoms with E-state index >= 15 is 4.39 Å². The van der Waals surface area contributed by atoms with Crippen LogP contribution >= 0.6 is 15.9 Å². The Labute approximate surface area is 230 Å². The number of benzene rings is 2. The van der Waals surface area contributed by atoms with Crippen LogP contribution in [0.1, 0.15) is 29.2 Å². The molecule has 4 aromatic rings. The molecule has 0 aliphatic rings. The number of aliphatic hydroxyl groups is 1. The summed E-state index contributed by atoms with van der Waals surface area (Å²) in [5.74, 6) is -0.684. The van der Waals surface area contributed by atoms with Crippen LogP contribution in [0.5, 0.6) is 17.4 Å². The molecule has 2 heterocycles. The van der Waals surface area contributed by atoms with Crippen molar-refractivity contribution >= 4 is 26.8 Å². The predicted octanol–water partition coefficient (Wildman–Crippen LogP) is 5.53. The highest BCUT2D eigenvalue weighted by molar-refractivity contribution is 9.10. The van der Waals surface area contributed by atoms with Gasteiger partial charge in [-0.05, 0) is 56.9 Å². The molecule has 0 aliphatic heterocycles. The summed E-state index contributed by atoms with van der Waals surface area (Å²) in [4.78, 5) is 11.2. The molecule has 2 aromatic heterocycles. The highest BCUT2D eigenvalue weighted by Crippen LogP contribution is 2.48. The fourth-order valence-electron chi connectivity index (χ4n) is 4.70. The molecule has 0 saturated carbocycles. The number of methoxy groups -OCH3 is 3. The summed E-state index contributed by atoms with van der Waals surface area (Å²) >= 11 is 3.52. The molecule has 0 bridgehead atoms. The van der Waals surface area contributed by atoms with Gasteiger partial charge in [0.1, 0.15) is 11.4 Å². The normalized spacial score (nSPS) is 13.8. The number of rotatable bonds is 10. The van der Waals surface area contributed by atoms with Gasteiger partial charge in [-0.25, -0.2) is 9.37 Å². The maximum Gasteiger partial charge on any atom is 0.217 e. The van der Waals surface area contributed by atoms with Crippen LogP contribution in [0.15, 0.2) is 65.3 Å². The molecule has 0 aliphatic carbocycles. The second kappa shape index (κ2) is 11.6. The van der Waals surface area contributed by atoms with Gasteiger partial charge in [-0.3, -0.25) is 4.98 Å². The minimum absolute atomic E-state index is 0.0662. The average Bonchev–Trinajstić information content (AvgIpc) is 2.92. The Morgan fingerprint density at radius 1 is 1.00 bits per heavy atom. The second-order valence-corrected chi connectivity index (χ2v) is 10.2. The van der Waals surface area contributed by atoms with E-state index in [0.29, 0.717) is 29.1 Å². The molecule has 0 amide bonds. The van der Waals surface area contributed by atoms with Gasteiger partial charge in [0.25, 0.3) is 0 Å². The van der Waals surface area contributed by atoms with E-state index in [1.54, 1.807) is 43.6 Å². The molecule has 0 radical (unpaired) electrons. The fourth-order valence-corrected chi connectivity index (χ4v) is 5.07. The molecule has 2 atom stereocenters. The van der Waals surface area contributed by atoms with E-state index in [9.17, 15) is 5.11 Å². The number of hydrogen-bond donors (Lipinski definition) is 1. The third-order valence-corrected chi connectivity index (χ3v) is 7.12. The van der Waals surface area contributed by atoms with Gasteiger partial charge in [0, 0.05) is 39.8 Å². The zero-order valence-corrected chi connectivity index (χ0v) is 23.6. The molecular weight excluding hydrogens is 553 g/mol. The zero-order valence-electron chi connectivity index (χ0n) is 22.0. The molecule has 9 heteroatoms. The standard InChI is InChI=1S/C29H31BrFN3O4/c1-34(2)14-12-29(35,25-17-20(36-3)11-13-32-25)26(21-7-6-8-24(37-4)27(21)31)22-16-18-15-19(30)9-10-23(18)33-28(22)38-5/h6-11,13,15-17,26,35H,12,14H2,1-5H3/t26-,29-/m1/s1. The van der Waals surface area contributed by atoms with Crippen molar-refractivity contribution in [2.75, 3.05) is 42.0 Å². The van der Waals surface area contributed by atoms with Crippen molar-refractivity contribution in [1.29, 1.82) is 0 Å². The zero-order chi connectivity index (χ0) is 27.4. The number of ether oxygens (including phenoxy) is 3. The van der Waals surface area contributed by atoms with Gasteiger partial charge < -0.3 is 24.2 Å². The highest BCUT2D eigenvalue weighted by Gasteiger charge is 2.45. The highest BCUT2D eigenvalue weighted by atomic mass is 79.9. The molecule has 1 N–H and O–H groups in total. The predicted molar refractivity (Wildman–Crippen MR) is 149 cm³/mol. The van der Waals surface area contributed by atoms with Crippen molar-refractivity contribution in [3.05, 3.63) is 87.9 Å². The van der Waals surface area contributed by atoms with Crippen LogP contribution in [0.3, 0.4) is 0 Å². The minimum atomic E-state index is -1.69. The molecule has 7 nitrogen and oxygen atoms in total. The van der Waals surface area contributed by atoms with E-state index in [2.05, 4.69) is 20.9 Å². The van der Waals surface area contributed by atoms with Crippen molar-refractivity contribution in [2.45, 2.75) is 17.9 Å². The quantitative estimate of drug-likeness (QED) is 0.263. The van der Waals surface area contributed by atoms with Crippen molar-refractivity contribution in [3.63, 3.8) is 0 Å². The van der Waals surface area contributed by atoms with Gasteiger partial charge >= 0.3 is 0 Å². The Kier molecular flexibility index (Phi) is 8.50. The Hall–Kier alpha value is -3.27. The molecule has 2 aromatic carbocycles. The van der Waals surface area contributed by atoms with Crippen LogP contribution < -0.4 is 14.2 Å². The fraction of sp³-hybridized carbons (Fsp3) is 0.310. The van der Waals surface area contributed by atoms with Crippen molar-refractivity contribution in [3.8, 4) is 17.4 Å². The second-order valence-electron chi connectivity index (χ2n) is 9.28. The lowest BCUT2D eigenvalue weighted by Crippen LogP contribution is -2.39. The molecule has 200 valence electrons. The van der Waals surface area contributed by atoms with Gasteiger partial charge in [-0.2, -0.15) is 0 Å². The van der Waals surface area contributed by atoms with Crippen LogP contribution in [0.4, 0.5) is 4.39 Å². The van der Waals surface area contributed by atoms with E-state index in [-0.39, 0.29) is 23.6 Å². The molecule has 0 unspecified atom stereocenters. The van der Waals surface area contributed by atoms with Gasteiger partial charge in [0.2, 0.25) is 5.88 Å². The molecule has 4 rings (SSSR count). The first-order chi connectivity index (χ1) is 18.2. The van der Waals surface area contributed by atoms with Crippen molar-refractivity contribution in [1.82, 2.24) is 14.9 Å². The SMILES string of the molecule is COc1ccnc([C@](O)(CCN(C)C)[C@@H](c2cc3cc(Br)ccc3nc2OC)c2cccc(OC)c2F)c1. The first kappa shape index (κ1) is 27.8. The van der Waals surface area contributed by atoms with Crippen molar-refractivity contribution < 1.29 is 23.7 Å². The third-order valence-electron chi connectivity index (χ3n) is 6.63. The average molecular weight is 584 g/mol. The topological polar surface area (TPSA) is 76.9 Å². The summed E-state index contributed by atoms with van der Waals surface area (Å²) in [5, 5.41) is 13.5. The Morgan fingerprint density at radius 2 is 1.79 bits per heavy atom. The maximum absolute atomic E-state index is 16.1. The van der Waals surface area contributed by atoms with E-state index < -0.39 is 17.3 Å². The van der Waals surface area contributed by atoms with Gasteiger partial charge in [0.15, 0.2) is 11.6 Å². The summed E-state index contributed by atoms with van der Waals surface area (Å²) < 4.78 is 33.4. The first-order valence-electron chi connectivity index (χ1n) is 12.1. The summed E-state index contributed by atoms with van der Waals surface area (Å²) in [6, 6.07) is 15.8. The van der Waals surface area contributed by atoms with Crippen molar-refractivity contribution in [2.24, 2.45) is 0 Å². The van der Waals surface area contributed by atoms with Crippen LogP contribution in [-0.2, 0) is 5.60 Å². The van der Waals surface area contributed by atoms with E-state index in [4.69, 9.17) is 19.2 Å². The van der Waals surface area contributed by atoms with Crippen LogP contribution in [-0.4, -0.2) is 61.9 Å². The molecule has 0 fully saturated rings. The first-order valence-corrected chi connectivity index (χ1v) is 12.8. The van der Waals surface area contributed by atoms with Gasteiger partial charge in [-0.15, -0.1) is 0 Å². The number of nitrogens with zero attached hydrogens (tertiary/aromatic N) is 3. The summed E-state index contributed by atoms with van der Waals surface area (Å²) in [6.45, 7) is 0.492. The molecule has 38 heavy (non-hydrogen) atoms. The number of aromatic nitrogens is 2.